The van der Waals surface area contributed by atoms with Crippen molar-refractivity contribution in [1.82, 2.24) is 52.8 Å². The summed E-state index contributed by atoms with van der Waals surface area (Å²) >= 11 is 0. The number of amides is 10. The van der Waals surface area contributed by atoms with Gasteiger partial charge in [0.25, 0.3) is 0 Å². The number of aliphatic hydroxyl groups is 1. The number of hydrogen-bond donors (Lipinski definition) is 16. The summed E-state index contributed by atoms with van der Waals surface area (Å²) in [5.74, 6) is -15.1. The summed E-state index contributed by atoms with van der Waals surface area (Å²) < 4.78 is 0. The van der Waals surface area contributed by atoms with E-state index in [1.54, 1.807) is 58.0 Å². The number of aromatic amines is 1. The first kappa shape index (κ1) is 68.1. The number of aromatic hydroxyl groups is 1. The fourth-order valence-corrected chi connectivity index (χ4v) is 8.49. The molecule has 0 radical (unpaired) electrons. The van der Waals surface area contributed by atoms with Crippen LogP contribution in [0.5, 0.6) is 5.75 Å². The third-order valence-corrected chi connectivity index (χ3v) is 12.6. The number of nitrogens with two attached hydrogens (primary N) is 1. The molecule has 1 aromatic heterocycles. The quantitative estimate of drug-likeness (QED) is 0.0298. The summed E-state index contributed by atoms with van der Waals surface area (Å²) in [5.41, 5.74) is 6.83. The number of carbonyl (C=O) groups is 13. The van der Waals surface area contributed by atoms with Crippen LogP contribution >= 0.6 is 0 Å². The molecule has 3 rings (SSSR count). The van der Waals surface area contributed by atoms with Gasteiger partial charge in [0.1, 0.15) is 54.1 Å². The topological polar surface area (TPSA) is 473 Å². The molecule has 0 aliphatic carbocycles. The Labute approximate surface area is 476 Å². The molecule has 0 spiro atoms. The molecule has 2 aromatic carbocycles. The van der Waals surface area contributed by atoms with Gasteiger partial charge >= 0.3 is 17.9 Å². The second kappa shape index (κ2) is 32.9. The van der Waals surface area contributed by atoms with Gasteiger partial charge in [0.05, 0.1) is 19.1 Å². The van der Waals surface area contributed by atoms with E-state index >= 15 is 0 Å². The van der Waals surface area contributed by atoms with Crippen molar-refractivity contribution in [1.29, 1.82) is 0 Å². The minimum Gasteiger partial charge on any atom is -0.508 e. The van der Waals surface area contributed by atoms with Gasteiger partial charge in [-0.15, -0.1) is 0 Å². The molecule has 454 valence electrons. The van der Waals surface area contributed by atoms with Crippen molar-refractivity contribution in [3.05, 3.63) is 65.9 Å². The Morgan fingerprint density at radius 1 is 0.542 bits per heavy atom. The average Bonchev–Trinajstić information content (AvgIpc) is 4.07. The van der Waals surface area contributed by atoms with Crippen molar-refractivity contribution in [3.63, 3.8) is 0 Å². The molecule has 17 N–H and O–H groups in total. The van der Waals surface area contributed by atoms with Crippen LogP contribution in [0.25, 0.3) is 10.9 Å². The number of benzene rings is 2. The number of primary amides is 1. The van der Waals surface area contributed by atoms with Crippen molar-refractivity contribution >= 4 is 87.9 Å². The van der Waals surface area contributed by atoms with Crippen LogP contribution in [0.4, 0.5) is 0 Å². The normalized spacial score (nSPS) is 14.4. The number of nitrogens with one attached hydrogen (secondary N) is 10. The molecule has 10 amide bonds. The van der Waals surface area contributed by atoms with E-state index in [1.165, 1.54) is 24.4 Å². The highest BCUT2D eigenvalue weighted by Crippen LogP contribution is 2.24. The van der Waals surface area contributed by atoms with Gasteiger partial charge in [-0.05, 0) is 73.8 Å². The number of aliphatic carboxylic acids is 3. The van der Waals surface area contributed by atoms with E-state index in [2.05, 4.69) is 52.8 Å². The summed E-state index contributed by atoms with van der Waals surface area (Å²) in [5, 5.41) is 71.4. The number of phenols is 1. The lowest BCUT2D eigenvalue weighted by molar-refractivity contribution is -0.142. The molecule has 0 fully saturated rings. The molecular weight excluding hydrogens is 1090 g/mol. The van der Waals surface area contributed by atoms with Gasteiger partial charge in [-0.2, -0.15) is 0 Å². The predicted octanol–water partition coefficient (Wildman–Crippen LogP) is -2.16. The van der Waals surface area contributed by atoms with Crippen LogP contribution in [0.2, 0.25) is 0 Å². The van der Waals surface area contributed by atoms with Gasteiger partial charge < -0.3 is 84.1 Å². The Balaban J connectivity index is 1.92. The van der Waals surface area contributed by atoms with E-state index in [1.807, 2.05) is 0 Å². The zero-order valence-electron chi connectivity index (χ0n) is 46.7. The number of hydrogen-bond acceptors (Lipinski definition) is 15. The Kier molecular flexibility index (Phi) is 27.0. The van der Waals surface area contributed by atoms with E-state index < -0.39 is 176 Å². The number of phenolic OH excluding ortho intramolecular Hbond substituents is 1. The number of carbonyl (C=O) groups excluding carboxylic acids is 10. The minimum absolute atomic E-state index is 0.0715. The smallest absolute Gasteiger partial charge is 0.305 e. The van der Waals surface area contributed by atoms with Crippen LogP contribution in [0.3, 0.4) is 0 Å². The van der Waals surface area contributed by atoms with Crippen molar-refractivity contribution in [2.75, 3.05) is 6.54 Å². The van der Waals surface area contributed by atoms with Gasteiger partial charge in [0.2, 0.25) is 59.1 Å². The number of carboxylic acids is 3. The van der Waals surface area contributed by atoms with Crippen molar-refractivity contribution < 1.29 is 87.9 Å². The highest BCUT2D eigenvalue weighted by Gasteiger charge is 2.36. The Morgan fingerprint density at radius 2 is 1.02 bits per heavy atom. The van der Waals surface area contributed by atoms with E-state index in [4.69, 9.17) is 5.73 Å². The number of H-pyrrole nitrogens is 1. The fourth-order valence-electron chi connectivity index (χ4n) is 8.49. The van der Waals surface area contributed by atoms with Crippen molar-refractivity contribution in [2.24, 2.45) is 17.6 Å². The van der Waals surface area contributed by atoms with Gasteiger partial charge in [0.15, 0.2) is 0 Å². The second-order valence-electron chi connectivity index (χ2n) is 20.7. The molecule has 0 bridgehead atoms. The van der Waals surface area contributed by atoms with E-state index in [0.29, 0.717) is 16.5 Å². The number of aliphatic hydroxyl groups excluding tert-OH is 1. The average molecular weight is 1170 g/mol. The third kappa shape index (κ3) is 23.8. The Bertz CT molecular complexity index is 2820. The maximum Gasteiger partial charge on any atom is 0.305 e. The first-order valence-corrected chi connectivity index (χ1v) is 26.6. The molecule has 0 aliphatic heterocycles. The van der Waals surface area contributed by atoms with Crippen LogP contribution in [0.1, 0.15) is 97.6 Å². The van der Waals surface area contributed by atoms with Crippen molar-refractivity contribution in [2.45, 2.75) is 154 Å². The van der Waals surface area contributed by atoms with Crippen LogP contribution in [-0.4, -0.2) is 168 Å². The molecule has 0 unspecified atom stereocenters. The summed E-state index contributed by atoms with van der Waals surface area (Å²) in [6.07, 6.45) is -4.37. The maximum absolute atomic E-state index is 14.4. The zero-order valence-corrected chi connectivity index (χ0v) is 46.7. The van der Waals surface area contributed by atoms with Crippen molar-refractivity contribution in [3.8, 4) is 5.75 Å². The van der Waals surface area contributed by atoms with Crippen LogP contribution in [-0.2, 0) is 75.2 Å². The Hall–Kier alpha value is -9.15. The Morgan fingerprint density at radius 3 is 1.55 bits per heavy atom. The summed E-state index contributed by atoms with van der Waals surface area (Å²) in [6.45, 7) is 8.30. The monoisotopic (exact) mass is 1170 g/mol. The highest BCUT2D eigenvalue weighted by atomic mass is 16.4. The molecule has 0 aliphatic rings. The molecule has 29 nitrogen and oxygen atoms in total. The highest BCUT2D eigenvalue weighted by molar-refractivity contribution is 5.99. The standard InChI is InChI=1S/C54H75N11O18/c1-26(2)18-37(47(55)76)61-51(80)39(20-30-10-8-7-9-11-30)62-48(77)35(14-16-43(70)71)59-42(69)25-57-54(83)46(28(5)66)65-53(82)40(21-31-24-56-34-13-12-32(68)22-33(31)34)63-49(78)36(15-17-44(72)73)60-52(81)41(23-45(74)75)64-50(79)38(19-27(3)4)58-29(6)67/h7-13,22,24,26-28,35-41,46,56,66,68H,14-21,23,25H2,1-6H3,(H2,55,76)(H,57,83)(H,58,67)(H,59,69)(H,60,81)(H,61,80)(H,62,77)(H,63,78)(H,64,79)(H,65,82)(H,70,71)(H,72,73)(H,74,75)/t28-,35+,36+,37+,38+,39+,40+,41+,46+/m1/s1. The van der Waals surface area contributed by atoms with Crippen LogP contribution < -0.4 is 53.6 Å². The first-order chi connectivity index (χ1) is 38.9. The van der Waals surface area contributed by atoms with E-state index in [0.717, 1.165) is 13.8 Å². The SMILES string of the molecule is CC(=O)N[C@@H](CC(C)C)C(=O)N[C@@H](CC(=O)O)C(=O)N[C@@H](CCC(=O)O)C(=O)N[C@@H](Cc1c[nH]c2ccc(O)cc12)C(=O)N[C@H](C(=O)NCC(=O)N[C@@H](CCC(=O)O)C(=O)N[C@@H](Cc1ccccc1)C(=O)N[C@@H](CC(C)C)C(N)=O)[C@@H](C)O. The van der Waals surface area contributed by atoms with Gasteiger partial charge in [-0.3, -0.25) is 62.3 Å². The predicted molar refractivity (Wildman–Crippen MR) is 294 cm³/mol. The lowest BCUT2D eigenvalue weighted by atomic mass is 10.0. The summed E-state index contributed by atoms with van der Waals surface area (Å²) in [4.78, 5) is 173. The summed E-state index contributed by atoms with van der Waals surface area (Å²) in [7, 11) is 0. The van der Waals surface area contributed by atoms with Crippen LogP contribution in [0, 0.1) is 11.8 Å². The lowest BCUT2D eigenvalue weighted by Crippen LogP contribution is -2.61. The second-order valence-corrected chi connectivity index (χ2v) is 20.7. The molecule has 29 heteroatoms. The molecule has 3 aromatic rings. The van der Waals surface area contributed by atoms with E-state index in [9.17, 15) is 87.9 Å². The lowest BCUT2D eigenvalue weighted by Gasteiger charge is -2.27. The zero-order chi connectivity index (χ0) is 62.2. The molecular formula is C54H75N11O18. The number of rotatable bonds is 35. The third-order valence-electron chi connectivity index (χ3n) is 12.6. The largest absolute Gasteiger partial charge is 0.508 e. The van der Waals surface area contributed by atoms with Gasteiger partial charge in [0, 0.05) is 49.7 Å². The van der Waals surface area contributed by atoms with E-state index in [-0.39, 0.29) is 42.4 Å². The fraction of sp³-hybridized carbons (Fsp3) is 0.500. The molecule has 0 saturated carbocycles. The number of fused-ring (bicyclic) bond motifs is 1. The number of carboxylic acid groups (broad SMARTS) is 3. The van der Waals surface area contributed by atoms with Crippen LogP contribution in [0.15, 0.2) is 54.7 Å². The maximum atomic E-state index is 14.4. The van der Waals surface area contributed by atoms with Gasteiger partial charge in [-0.1, -0.05) is 58.0 Å². The van der Waals surface area contributed by atoms with Gasteiger partial charge in [-0.25, -0.2) is 0 Å². The first-order valence-electron chi connectivity index (χ1n) is 26.6. The number of aromatic nitrogens is 1. The molecule has 9 atom stereocenters. The molecule has 0 saturated heterocycles. The molecule has 83 heavy (non-hydrogen) atoms. The summed E-state index contributed by atoms with van der Waals surface area (Å²) in [6, 6.07) is -0.278. The minimum atomic E-state index is -1.93. The molecule has 1 heterocycles.